The van der Waals surface area contributed by atoms with Gasteiger partial charge >= 0.3 is 0 Å². The van der Waals surface area contributed by atoms with Gasteiger partial charge in [0.05, 0.1) is 0 Å². The van der Waals surface area contributed by atoms with Crippen LogP contribution in [0.3, 0.4) is 0 Å². The topological polar surface area (TPSA) is 37.8 Å². The van der Waals surface area contributed by atoms with Gasteiger partial charge in [-0.2, -0.15) is 0 Å². The summed E-state index contributed by atoms with van der Waals surface area (Å²) in [6.07, 6.45) is 4.74. The average Bonchev–Trinajstić information content (AvgIpc) is 3.08. The Morgan fingerprint density at radius 2 is 2.12 bits per heavy atom. The van der Waals surface area contributed by atoms with Gasteiger partial charge in [0.15, 0.2) is 0 Å². The van der Waals surface area contributed by atoms with E-state index < -0.39 is 0 Å². The first kappa shape index (κ1) is 11.6. The summed E-state index contributed by atoms with van der Waals surface area (Å²) < 4.78 is 0. The van der Waals surface area contributed by atoms with Gasteiger partial charge in [0, 0.05) is 18.0 Å². The normalized spacial score (nSPS) is 15.2. The lowest BCUT2D eigenvalue weighted by Crippen LogP contribution is -2.08. The summed E-state index contributed by atoms with van der Waals surface area (Å²) in [5.74, 6) is 2.37. The molecule has 0 spiro atoms. The van der Waals surface area contributed by atoms with Crippen LogP contribution >= 0.6 is 11.6 Å². The molecule has 0 aromatic carbocycles. The Labute approximate surface area is 102 Å². The van der Waals surface area contributed by atoms with Crippen LogP contribution in [0.4, 0.5) is 5.82 Å². The van der Waals surface area contributed by atoms with E-state index in [1.165, 1.54) is 19.3 Å². The molecule has 16 heavy (non-hydrogen) atoms. The number of anilines is 1. The van der Waals surface area contributed by atoms with Gasteiger partial charge in [-0.15, -0.1) is 0 Å². The zero-order valence-electron chi connectivity index (χ0n) is 9.89. The summed E-state index contributed by atoms with van der Waals surface area (Å²) >= 11 is 6.11. The highest BCUT2D eigenvalue weighted by Crippen LogP contribution is 2.39. The number of nitrogens with zero attached hydrogens (tertiary/aromatic N) is 2. The van der Waals surface area contributed by atoms with Gasteiger partial charge in [0.25, 0.3) is 0 Å². The van der Waals surface area contributed by atoms with Crippen molar-refractivity contribution in [3.63, 3.8) is 0 Å². The third-order valence-electron chi connectivity index (χ3n) is 2.87. The van der Waals surface area contributed by atoms with Gasteiger partial charge in [-0.3, -0.25) is 0 Å². The third-order valence-corrected chi connectivity index (χ3v) is 3.24. The van der Waals surface area contributed by atoms with Gasteiger partial charge in [0.2, 0.25) is 0 Å². The molecule has 4 heteroatoms. The molecule has 0 saturated heterocycles. The summed E-state index contributed by atoms with van der Waals surface area (Å²) in [5, 5.41) is 3.94. The molecule has 0 aliphatic heterocycles. The molecule has 3 nitrogen and oxygen atoms in total. The summed E-state index contributed by atoms with van der Waals surface area (Å²) in [7, 11) is 0. The van der Waals surface area contributed by atoms with E-state index in [4.69, 9.17) is 11.6 Å². The van der Waals surface area contributed by atoms with Gasteiger partial charge in [-0.05, 0) is 26.2 Å². The smallest absolute Gasteiger partial charge is 0.137 e. The highest BCUT2D eigenvalue weighted by molar-refractivity contribution is 6.30. The van der Waals surface area contributed by atoms with E-state index in [9.17, 15) is 0 Å². The highest BCUT2D eigenvalue weighted by Gasteiger charge is 2.27. The fraction of sp³-hybridized carbons (Fsp3) is 0.667. The fourth-order valence-corrected chi connectivity index (χ4v) is 1.76. The zero-order valence-corrected chi connectivity index (χ0v) is 10.6. The van der Waals surface area contributed by atoms with Crippen LogP contribution in [0, 0.1) is 6.92 Å². The van der Waals surface area contributed by atoms with Crippen LogP contribution < -0.4 is 5.32 Å². The Morgan fingerprint density at radius 1 is 1.38 bits per heavy atom. The Balaban J connectivity index is 2.14. The second-order valence-electron chi connectivity index (χ2n) is 4.40. The molecule has 1 saturated carbocycles. The minimum atomic E-state index is 0.546. The van der Waals surface area contributed by atoms with Crippen molar-refractivity contribution in [2.75, 3.05) is 11.9 Å². The van der Waals surface area contributed by atoms with Crippen molar-refractivity contribution in [2.45, 2.75) is 45.4 Å². The predicted molar refractivity (Wildman–Crippen MR) is 67.2 cm³/mol. The van der Waals surface area contributed by atoms with Gasteiger partial charge in [-0.1, -0.05) is 24.9 Å². The molecule has 1 aliphatic rings. The Kier molecular flexibility index (Phi) is 3.64. The number of unbranched alkanes of at least 4 members (excludes halogenated alkanes) is 1. The van der Waals surface area contributed by atoms with Crippen LogP contribution in [0.2, 0.25) is 5.15 Å². The zero-order chi connectivity index (χ0) is 11.5. The largest absolute Gasteiger partial charge is 0.370 e. The van der Waals surface area contributed by atoms with E-state index in [1.807, 2.05) is 6.92 Å². The van der Waals surface area contributed by atoms with Crippen LogP contribution in [-0.4, -0.2) is 16.5 Å². The van der Waals surface area contributed by atoms with Crippen molar-refractivity contribution >= 4 is 17.4 Å². The average molecular weight is 240 g/mol. The summed E-state index contributed by atoms with van der Waals surface area (Å²) in [5.41, 5.74) is 0.960. The number of aromatic nitrogens is 2. The van der Waals surface area contributed by atoms with Crippen LogP contribution in [0.25, 0.3) is 0 Å². The van der Waals surface area contributed by atoms with Gasteiger partial charge < -0.3 is 5.32 Å². The SMILES string of the molecule is CCCCNc1nc(C2CC2)nc(Cl)c1C. The molecule has 1 aliphatic carbocycles. The molecule has 1 aromatic heterocycles. The maximum Gasteiger partial charge on any atom is 0.137 e. The molecule has 1 fully saturated rings. The lowest BCUT2D eigenvalue weighted by Gasteiger charge is -2.10. The summed E-state index contributed by atoms with van der Waals surface area (Å²) in [6, 6.07) is 0. The quantitative estimate of drug-likeness (QED) is 0.631. The van der Waals surface area contributed by atoms with Gasteiger partial charge in [0.1, 0.15) is 16.8 Å². The monoisotopic (exact) mass is 239 g/mol. The van der Waals surface area contributed by atoms with E-state index in [2.05, 4.69) is 22.2 Å². The van der Waals surface area contributed by atoms with E-state index in [1.54, 1.807) is 0 Å². The van der Waals surface area contributed by atoms with Crippen molar-refractivity contribution in [1.82, 2.24) is 9.97 Å². The predicted octanol–water partition coefficient (Wildman–Crippen LogP) is 3.53. The first-order valence-corrected chi connectivity index (χ1v) is 6.38. The van der Waals surface area contributed by atoms with Crippen molar-refractivity contribution in [2.24, 2.45) is 0 Å². The molecular formula is C12H18ClN3. The number of halogens is 1. The molecule has 1 heterocycles. The molecule has 0 atom stereocenters. The van der Waals surface area contributed by atoms with E-state index in [-0.39, 0.29) is 0 Å². The van der Waals surface area contributed by atoms with Crippen LogP contribution in [0.5, 0.6) is 0 Å². The number of hydrogen-bond donors (Lipinski definition) is 1. The molecule has 0 unspecified atom stereocenters. The molecule has 0 amide bonds. The van der Waals surface area contributed by atoms with E-state index >= 15 is 0 Å². The van der Waals surface area contributed by atoms with Crippen molar-refractivity contribution in [3.05, 3.63) is 16.5 Å². The molecule has 0 bridgehead atoms. The molecule has 2 rings (SSSR count). The van der Waals surface area contributed by atoms with Crippen molar-refractivity contribution < 1.29 is 0 Å². The van der Waals surface area contributed by atoms with Crippen LogP contribution in [-0.2, 0) is 0 Å². The number of hydrogen-bond acceptors (Lipinski definition) is 3. The third kappa shape index (κ3) is 2.64. The molecule has 1 N–H and O–H groups in total. The number of nitrogens with one attached hydrogen (secondary N) is 1. The van der Waals surface area contributed by atoms with E-state index in [0.717, 1.165) is 30.2 Å². The fourth-order valence-electron chi connectivity index (χ4n) is 1.59. The maximum absolute atomic E-state index is 6.11. The minimum Gasteiger partial charge on any atom is -0.370 e. The second-order valence-corrected chi connectivity index (χ2v) is 4.76. The summed E-state index contributed by atoms with van der Waals surface area (Å²) in [6.45, 7) is 5.10. The molecule has 88 valence electrons. The van der Waals surface area contributed by atoms with Crippen molar-refractivity contribution in [3.8, 4) is 0 Å². The number of rotatable bonds is 5. The Bertz CT molecular complexity index is 375. The Hall–Kier alpha value is -0.830. The maximum atomic E-state index is 6.11. The van der Waals surface area contributed by atoms with Gasteiger partial charge in [-0.25, -0.2) is 9.97 Å². The Morgan fingerprint density at radius 3 is 2.75 bits per heavy atom. The standard InChI is InChI=1S/C12H18ClN3/c1-3-4-7-14-11-8(2)10(13)15-12(16-11)9-5-6-9/h9H,3-7H2,1-2H3,(H,14,15,16). The lowest BCUT2D eigenvalue weighted by molar-refractivity contribution is 0.823. The van der Waals surface area contributed by atoms with E-state index in [0.29, 0.717) is 11.1 Å². The lowest BCUT2D eigenvalue weighted by atomic mass is 10.3. The van der Waals surface area contributed by atoms with Crippen LogP contribution in [0.1, 0.15) is 49.9 Å². The van der Waals surface area contributed by atoms with Crippen molar-refractivity contribution in [1.29, 1.82) is 0 Å². The molecular weight excluding hydrogens is 222 g/mol. The molecule has 0 radical (unpaired) electrons. The summed E-state index contributed by atoms with van der Waals surface area (Å²) in [4.78, 5) is 8.90. The molecule has 1 aromatic rings. The highest BCUT2D eigenvalue weighted by atomic mass is 35.5. The first-order chi connectivity index (χ1) is 7.72. The van der Waals surface area contributed by atoms with Crippen LogP contribution in [0.15, 0.2) is 0 Å². The first-order valence-electron chi connectivity index (χ1n) is 6.00. The second kappa shape index (κ2) is 5.00. The minimum absolute atomic E-state index is 0.546.